The zero-order valence-electron chi connectivity index (χ0n) is 31.6. The molecule has 2 N–H and O–H groups in total. The molecule has 3 aliphatic rings. The summed E-state index contributed by atoms with van der Waals surface area (Å²) in [5, 5.41) is 5.04. The summed E-state index contributed by atoms with van der Waals surface area (Å²) in [6, 6.07) is 63.3. The van der Waals surface area contributed by atoms with Crippen molar-refractivity contribution in [2.45, 2.75) is 44.7 Å². The first-order chi connectivity index (χ1) is 26.9. The third kappa shape index (κ3) is 4.82. The number of amidine groups is 1. The van der Waals surface area contributed by atoms with E-state index in [9.17, 15) is 0 Å². The van der Waals surface area contributed by atoms with Gasteiger partial charge in [-0.3, -0.25) is 5.32 Å². The highest BCUT2D eigenvalue weighted by atomic mass is 15.1. The van der Waals surface area contributed by atoms with Crippen LogP contribution >= 0.6 is 0 Å². The number of aromatic nitrogens is 1. The van der Waals surface area contributed by atoms with E-state index in [1.165, 1.54) is 77.6 Å². The van der Waals surface area contributed by atoms with Crippen LogP contribution in [-0.4, -0.2) is 10.4 Å². The fourth-order valence-electron chi connectivity index (χ4n) is 10.4. The lowest BCUT2D eigenvalue weighted by atomic mass is 9.77. The highest BCUT2D eigenvalue weighted by molar-refractivity contribution is 6.12. The Morgan fingerprint density at radius 3 is 1.96 bits per heavy atom. The van der Waals surface area contributed by atoms with E-state index in [4.69, 9.17) is 4.99 Å². The van der Waals surface area contributed by atoms with Crippen molar-refractivity contribution < 1.29 is 5.32 Å². The van der Waals surface area contributed by atoms with Gasteiger partial charge in [-0.05, 0) is 99.8 Å². The molecule has 3 heteroatoms. The molecule has 0 radical (unpaired) electrons. The van der Waals surface area contributed by atoms with Crippen molar-refractivity contribution in [3.05, 3.63) is 198 Å². The Kier molecular flexibility index (Phi) is 7.06. The maximum atomic E-state index is 5.70. The molecule has 266 valence electrons. The molecule has 55 heavy (non-hydrogen) atoms. The number of benzene rings is 7. The van der Waals surface area contributed by atoms with Crippen molar-refractivity contribution in [1.82, 2.24) is 4.57 Å². The minimum absolute atomic E-state index is 0.0276. The molecule has 1 fully saturated rings. The molecular weight excluding hydrogens is 667 g/mol. The van der Waals surface area contributed by atoms with Gasteiger partial charge in [0.05, 0.1) is 28.1 Å². The van der Waals surface area contributed by atoms with Gasteiger partial charge >= 0.3 is 0 Å². The third-order valence-electron chi connectivity index (χ3n) is 13.3. The summed E-state index contributed by atoms with van der Waals surface area (Å²) in [6.07, 6.45) is 1.16. The fourth-order valence-corrected chi connectivity index (χ4v) is 10.4. The van der Waals surface area contributed by atoms with Gasteiger partial charge in [-0.2, -0.15) is 0 Å². The summed E-state index contributed by atoms with van der Waals surface area (Å²) in [5.74, 6) is 1.65. The minimum Gasteiger partial charge on any atom is -0.309 e. The average Bonchev–Trinajstić information content (AvgIpc) is 3.69. The summed E-state index contributed by atoms with van der Waals surface area (Å²) >= 11 is 0. The molecular formula is C52H44N3+. The number of fused-ring (bicyclic) bond motifs is 6. The van der Waals surface area contributed by atoms with Crippen LogP contribution in [0.15, 0.2) is 175 Å². The van der Waals surface area contributed by atoms with Gasteiger partial charge in [0.15, 0.2) is 0 Å². The van der Waals surface area contributed by atoms with Crippen LogP contribution in [0.25, 0.3) is 49.7 Å². The first-order valence-electron chi connectivity index (χ1n) is 19.8. The number of aliphatic imine (C=N–C) groups is 1. The Bertz CT molecular complexity index is 2810. The molecule has 1 saturated carbocycles. The van der Waals surface area contributed by atoms with E-state index in [0.29, 0.717) is 5.92 Å². The van der Waals surface area contributed by atoms with Crippen molar-refractivity contribution in [2.75, 3.05) is 0 Å². The third-order valence-corrected chi connectivity index (χ3v) is 13.3. The zero-order chi connectivity index (χ0) is 36.9. The molecule has 4 atom stereocenters. The summed E-state index contributed by atoms with van der Waals surface area (Å²) < 4.78 is 2.52. The normalized spacial score (nSPS) is 22.1. The summed E-state index contributed by atoms with van der Waals surface area (Å²) in [7, 11) is 0. The van der Waals surface area contributed by atoms with Crippen molar-refractivity contribution in [1.29, 1.82) is 0 Å². The van der Waals surface area contributed by atoms with E-state index < -0.39 is 0 Å². The second kappa shape index (κ2) is 12.0. The SMILES string of the molecule is CC1CC12C(c1cccc(-n3c4ccc(-c5ccccc5)cc4c4cc5c(cc43)-c3ccccc3C5(C)C)c1)N=C(c1ccccc1)[NH2+]C2c1ccccc1. The second-order valence-electron chi connectivity index (χ2n) is 16.7. The maximum Gasteiger partial charge on any atom is 0.228 e. The Hall–Kier alpha value is -6.03. The van der Waals surface area contributed by atoms with Crippen LogP contribution in [0.1, 0.15) is 67.1 Å². The van der Waals surface area contributed by atoms with Gasteiger partial charge in [0.2, 0.25) is 5.84 Å². The van der Waals surface area contributed by atoms with E-state index >= 15 is 0 Å². The molecule has 0 saturated heterocycles. The lowest BCUT2D eigenvalue weighted by molar-refractivity contribution is -0.607. The molecule has 4 unspecified atom stereocenters. The summed E-state index contributed by atoms with van der Waals surface area (Å²) in [5.41, 5.74) is 15.4. The smallest absolute Gasteiger partial charge is 0.228 e. The van der Waals surface area contributed by atoms with Gasteiger partial charge in [-0.25, -0.2) is 4.99 Å². The monoisotopic (exact) mass is 710 g/mol. The standard InChI is InChI=1S/C52H43N3/c1-33-32-52(33)48(35-18-9-5-10-19-35)53-50(36-20-11-6-12-21-36)54-49(52)38-22-15-23-39(28-38)55-46-27-26-37(34-16-7-4-8-17-34)29-42(46)43-30-45-41(31-47(43)55)40-24-13-14-25-44(40)51(45,2)3/h4-31,33,48-49H,32H2,1-3H3,(H,53,54)/p+1. The molecule has 11 rings (SSSR count). The van der Waals surface area contributed by atoms with Gasteiger partial charge in [0.25, 0.3) is 0 Å². The number of nitrogens with zero attached hydrogens (tertiary/aromatic N) is 2. The number of nitrogens with two attached hydrogens (primary N) is 1. The molecule has 0 bridgehead atoms. The van der Waals surface area contributed by atoms with Gasteiger partial charge in [-0.1, -0.05) is 142 Å². The minimum atomic E-state index is -0.0808. The van der Waals surface area contributed by atoms with Gasteiger partial charge < -0.3 is 4.57 Å². The summed E-state index contributed by atoms with van der Waals surface area (Å²) in [4.78, 5) is 5.70. The zero-order valence-corrected chi connectivity index (χ0v) is 31.6. The quantitative estimate of drug-likeness (QED) is 0.185. The van der Waals surface area contributed by atoms with Crippen molar-refractivity contribution >= 4 is 27.6 Å². The highest BCUT2D eigenvalue weighted by Gasteiger charge is 2.66. The van der Waals surface area contributed by atoms with E-state index in [2.05, 4.69) is 201 Å². The van der Waals surface area contributed by atoms with Gasteiger partial charge in [0.1, 0.15) is 6.04 Å². The molecule has 2 heterocycles. The highest BCUT2D eigenvalue weighted by Crippen LogP contribution is 2.67. The molecule has 2 aliphatic carbocycles. The van der Waals surface area contributed by atoms with E-state index in [1.54, 1.807) is 0 Å². The van der Waals surface area contributed by atoms with Crippen LogP contribution < -0.4 is 5.32 Å². The topological polar surface area (TPSA) is 33.9 Å². The number of quaternary nitrogens is 1. The lowest BCUT2D eigenvalue weighted by Crippen LogP contribution is -2.92. The fraction of sp³-hybridized carbons (Fsp3) is 0.173. The van der Waals surface area contributed by atoms with E-state index in [0.717, 1.165) is 12.3 Å². The number of hydrogen-bond acceptors (Lipinski definition) is 1. The Morgan fingerprint density at radius 1 is 0.564 bits per heavy atom. The predicted molar refractivity (Wildman–Crippen MR) is 227 cm³/mol. The van der Waals surface area contributed by atoms with Gasteiger partial charge in [-0.15, -0.1) is 0 Å². The lowest BCUT2D eigenvalue weighted by Gasteiger charge is -2.36. The molecule has 1 aliphatic heterocycles. The van der Waals surface area contributed by atoms with Crippen LogP contribution in [0.2, 0.25) is 0 Å². The second-order valence-corrected chi connectivity index (χ2v) is 16.7. The number of hydrogen-bond donors (Lipinski definition) is 1. The Morgan fingerprint density at radius 2 is 1.22 bits per heavy atom. The Labute approximate surface area is 323 Å². The van der Waals surface area contributed by atoms with Crippen LogP contribution in [0.3, 0.4) is 0 Å². The van der Waals surface area contributed by atoms with E-state index in [-0.39, 0.29) is 22.9 Å². The van der Waals surface area contributed by atoms with Crippen LogP contribution in [-0.2, 0) is 5.41 Å². The molecule has 1 spiro atoms. The molecule has 1 aromatic heterocycles. The predicted octanol–water partition coefficient (Wildman–Crippen LogP) is 11.6. The average molecular weight is 711 g/mol. The van der Waals surface area contributed by atoms with Crippen LogP contribution in [0, 0.1) is 11.3 Å². The van der Waals surface area contributed by atoms with E-state index in [1.807, 2.05) is 0 Å². The van der Waals surface area contributed by atoms with Crippen LogP contribution in [0.4, 0.5) is 0 Å². The first-order valence-corrected chi connectivity index (χ1v) is 19.8. The van der Waals surface area contributed by atoms with Crippen LogP contribution in [0.5, 0.6) is 0 Å². The largest absolute Gasteiger partial charge is 0.309 e. The molecule has 7 aromatic carbocycles. The van der Waals surface area contributed by atoms with Gasteiger partial charge in [0, 0.05) is 27.4 Å². The molecule has 8 aromatic rings. The maximum absolute atomic E-state index is 5.70. The summed E-state index contributed by atoms with van der Waals surface area (Å²) in [6.45, 7) is 7.19. The number of rotatable bonds is 5. The van der Waals surface area contributed by atoms with Crippen molar-refractivity contribution in [3.8, 4) is 27.9 Å². The molecule has 0 amide bonds. The molecule has 3 nitrogen and oxygen atoms in total. The Balaban J connectivity index is 1.14. The van der Waals surface area contributed by atoms with Crippen molar-refractivity contribution in [2.24, 2.45) is 16.3 Å². The van der Waals surface area contributed by atoms with Crippen molar-refractivity contribution in [3.63, 3.8) is 0 Å². The first kappa shape index (κ1) is 32.4.